The molecule has 4 nitrogen and oxygen atoms in total. The summed E-state index contributed by atoms with van der Waals surface area (Å²) in [5, 5.41) is 9.58. The molecule has 15 heavy (non-hydrogen) atoms. The van der Waals surface area contributed by atoms with Gasteiger partial charge in [-0.25, -0.2) is 13.1 Å². The minimum atomic E-state index is -3.42. The molecule has 1 aromatic rings. The van der Waals surface area contributed by atoms with Gasteiger partial charge in [-0.3, -0.25) is 0 Å². The van der Waals surface area contributed by atoms with Gasteiger partial charge in [0.15, 0.2) is 0 Å². The van der Waals surface area contributed by atoms with Gasteiger partial charge in [-0.2, -0.15) is 0 Å². The Balaban J connectivity index is 3.14. The average Bonchev–Trinajstić information content (AvgIpc) is 2.28. The molecular weight excluding hydrogens is 214 g/mol. The van der Waals surface area contributed by atoms with Crippen molar-refractivity contribution in [3.05, 3.63) is 29.8 Å². The molecule has 5 heteroatoms. The highest BCUT2D eigenvalue weighted by Crippen LogP contribution is 2.19. The average molecular weight is 229 g/mol. The summed E-state index contributed by atoms with van der Waals surface area (Å²) in [5.74, 6) is 0. The van der Waals surface area contributed by atoms with E-state index in [1.807, 2.05) is 6.92 Å². The quantitative estimate of drug-likeness (QED) is 0.810. The van der Waals surface area contributed by atoms with Gasteiger partial charge in [-0.1, -0.05) is 19.1 Å². The number of sulfonamides is 1. The van der Waals surface area contributed by atoms with E-state index >= 15 is 0 Å². The van der Waals surface area contributed by atoms with Crippen LogP contribution in [-0.4, -0.2) is 20.6 Å². The Labute approximate surface area is 90.0 Å². The van der Waals surface area contributed by atoms with Crippen LogP contribution in [0.5, 0.6) is 0 Å². The van der Waals surface area contributed by atoms with Crippen molar-refractivity contribution in [1.29, 1.82) is 0 Å². The number of nitrogens with one attached hydrogen (secondary N) is 1. The monoisotopic (exact) mass is 229 g/mol. The molecule has 2 N–H and O–H groups in total. The molecule has 0 saturated heterocycles. The predicted octanol–water partition coefficient (Wildman–Crippen LogP) is 1.04. The lowest BCUT2D eigenvalue weighted by molar-refractivity contribution is 0.173. The third-order valence-electron chi connectivity index (χ3n) is 2.21. The molecular formula is C10H15NO3S. The Morgan fingerprint density at radius 1 is 1.47 bits per heavy atom. The second-order valence-corrected chi connectivity index (χ2v) is 5.09. The van der Waals surface area contributed by atoms with E-state index in [0.29, 0.717) is 12.0 Å². The second-order valence-electron chi connectivity index (χ2n) is 3.20. The first kappa shape index (κ1) is 12.2. The lowest BCUT2D eigenvalue weighted by atomic mass is 10.1. The second kappa shape index (κ2) is 4.74. The Morgan fingerprint density at radius 3 is 2.67 bits per heavy atom. The molecule has 0 radical (unpaired) electrons. The zero-order valence-electron chi connectivity index (χ0n) is 8.77. The molecule has 0 aliphatic heterocycles. The lowest BCUT2D eigenvalue weighted by Gasteiger charge is -2.09. The highest BCUT2D eigenvalue weighted by molar-refractivity contribution is 7.89. The van der Waals surface area contributed by atoms with Crippen molar-refractivity contribution in [3.8, 4) is 0 Å². The number of hydrogen-bond acceptors (Lipinski definition) is 3. The molecule has 0 spiro atoms. The van der Waals surface area contributed by atoms with Crippen LogP contribution in [0.1, 0.15) is 25.0 Å². The predicted molar refractivity (Wildman–Crippen MR) is 57.9 cm³/mol. The van der Waals surface area contributed by atoms with E-state index in [0.717, 1.165) is 0 Å². The highest BCUT2D eigenvalue weighted by Gasteiger charge is 2.13. The van der Waals surface area contributed by atoms with Crippen LogP contribution in [0.3, 0.4) is 0 Å². The zero-order valence-corrected chi connectivity index (χ0v) is 9.58. The smallest absolute Gasteiger partial charge is 0.240 e. The minimum Gasteiger partial charge on any atom is -0.388 e. The summed E-state index contributed by atoms with van der Waals surface area (Å²) in [7, 11) is -2.06. The van der Waals surface area contributed by atoms with Crippen LogP contribution in [0.2, 0.25) is 0 Å². The summed E-state index contributed by atoms with van der Waals surface area (Å²) in [6, 6.07) is 6.32. The number of aliphatic hydroxyl groups excluding tert-OH is 1. The van der Waals surface area contributed by atoms with Crippen molar-refractivity contribution in [3.63, 3.8) is 0 Å². The van der Waals surface area contributed by atoms with Crippen molar-refractivity contribution in [1.82, 2.24) is 4.72 Å². The fraction of sp³-hybridized carbons (Fsp3) is 0.400. The van der Waals surface area contributed by atoms with Crippen LogP contribution in [0.25, 0.3) is 0 Å². The SMILES string of the molecule is CCC(O)c1cccc(S(=O)(=O)NC)c1. The van der Waals surface area contributed by atoms with Crippen molar-refractivity contribution in [2.24, 2.45) is 0 Å². The van der Waals surface area contributed by atoms with Gasteiger partial charge in [0.25, 0.3) is 0 Å². The first-order valence-corrected chi connectivity index (χ1v) is 6.21. The molecule has 0 bridgehead atoms. The highest BCUT2D eigenvalue weighted by atomic mass is 32.2. The third-order valence-corrected chi connectivity index (χ3v) is 3.62. The lowest BCUT2D eigenvalue weighted by Crippen LogP contribution is -2.18. The summed E-state index contributed by atoms with van der Waals surface area (Å²) in [6.45, 7) is 1.84. The van der Waals surface area contributed by atoms with Crippen molar-refractivity contribution in [2.45, 2.75) is 24.3 Å². The van der Waals surface area contributed by atoms with Crippen LogP contribution in [0, 0.1) is 0 Å². The molecule has 0 aliphatic rings. The minimum absolute atomic E-state index is 0.176. The van der Waals surface area contributed by atoms with E-state index in [1.165, 1.54) is 19.2 Å². The van der Waals surface area contributed by atoms with Gasteiger partial charge in [0.2, 0.25) is 10.0 Å². The van der Waals surface area contributed by atoms with E-state index in [2.05, 4.69) is 4.72 Å². The van der Waals surface area contributed by atoms with E-state index in [-0.39, 0.29) is 4.90 Å². The maximum atomic E-state index is 11.5. The Bertz CT molecular complexity index is 428. The van der Waals surface area contributed by atoms with Crippen molar-refractivity contribution in [2.75, 3.05) is 7.05 Å². The molecule has 1 rings (SSSR count). The van der Waals surface area contributed by atoms with Crippen LogP contribution in [0.15, 0.2) is 29.2 Å². The Hall–Kier alpha value is -0.910. The van der Waals surface area contributed by atoms with Crippen molar-refractivity contribution < 1.29 is 13.5 Å². The first-order chi connectivity index (χ1) is 7.01. The van der Waals surface area contributed by atoms with Gasteiger partial charge in [-0.15, -0.1) is 0 Å². The normalized spacial score (nSPS) is 13.8. The first-order valence-electron chi connectivity index (χ1n) is 4.73. The molecule has 0 aromatic heterocycles. The third kappa shape index (κ3) is 2.77. The van der Waals surface area contributed by atoms with Crippen LogP contribution in [-0.2, 0) is 10.0 Å². The zero-order chi connectivity index (χ0) is 11.5. The summed E-state index contributed by atoms with van der Waals surface area (Å²) < 4.78 is 25.2. The van der Waals surface area contributed by atoms with E-state index in [4.69, 9.17) is 0 Å². The molecule has 0 amide bonds. The molecule has 0 saturated carbocycles. The van der Waals surface area contributed by atoms with Crippen LogP contribution >= 0.6 is 0 Å². The van der Waals surface area contributed by atoms with Crippen LogP contribution < -0.4 is 4.72 Å². The summed E-state index contributed by atoms with van der Waals surface area (Å²) >= 11 is 0. The standard InChI is InChI=1S/C10H15NO3S/c1-3-10(12)8-5-4-6-9(7-8)15(13,14)11-2/h4-7,10-12H,3H2,1-2H3. The van der Waals surface area contributed by atoms with Crippen LogP contribution in [0.4, 0.5) is 0 Å². The number of benzene rings is 1. The fourth-order valence-corrected chi connectivity index (χ4v) is 2.03. The maximum absolute atomic E-state index is 11.5. The number of rotatable bonds is 4. The van der Waals surface area contributed by atoms with E-state index in [9.17, 15) is 13.5 Å². The Morgan fingerprint density at radius 2 is 2.13 bits per heavy atom. The topological polar surface area (TPSA) is 66.4 Å². The van der Waals surface area contributed by atoms with Gasteiger partial charge < -0.3 is 5.11 Å². The Kier molecular flexibility index (Phi) is 3.84. The van der Waals surface area contributed by atoms with Gasteiger partial charge in [0.1, 0.15) is 0 Å². The van der Waals surface area contributed by atoms with Crippen molar-refractivity contribution >= 4 is 10.0 Å². The number of hydrogen-bond donors (Lipinski definition) is 2. The molecule has 1 atom stereocenters. The summed E-state index contributed by atoms with van der Waals surface area (Å²) in [4.78, 5) is 0.176. The molecule has 0 fully saturated rings. The molecule has 84 valence electrons. The van der Waals surface area contributed by atoms with Gasteiger partial charge in [0, 0.05) is 0 Å². The van der Waals surface area contributed by atoms with Gasteiger partial charge in [0.05, 0.1) is 11.0 Å². The summed E-state index contributed by atoms with van der Waals surface area (Å²) in [6.07, 6.45) is -0.0553. The molecule has 1 unspecified atom stereocenters. The maximum Gasteiger partial charge on any atom is 0.240 e. The van der Waals surface area contributed by atoms with E-state index < -0.39 is 16.1 Å². The van der Waals surface area contributed by atoms with Gasteiger partial charge >= 0.3 is 0 Å². The number of aliphatic hydroxyl groups is 1. The summed E-state index contributed by atoms with van der Waals surface area (Å²) in [5.41, 5.74) is 0.619. The molecule has 0 aliphatic carbocycles. The molecule has 1 aromatic carbocycles. The molecule has 0 heterocycles. The van der Waals surface area contributed by atoms with E-state index in [1.54, 1.807) is 12.1 Å². The van der Waals surface area contributed by atoms with Gasteiger partial charge in [-0.05, 0) is 31.2 Å². The largest absolute Gasteiger partial charge is 0.388 e. The fourth-order valence-electron chi connectivity index (χ4n) is 1.24.